The second-order valence-electron chi connectivity index (χ2n) is 7.40. The van der Waals surface area contributed by atoms with Crippen molar-refractivity contribution in [3.05, 3.63) is 85.9 Å². The Morgan fingerprint density at radius 1 is 1.00 bits per heavy atom. The Morgan fingerprint density at radius 2 is 1.71 bits per heavy atom. The highest BCUT2D eigenvalue weighted by atomic mass is 35.5. The normalized spacial score (nSPS) is 11.6. The Labute approximate surface area is 180 Å². The van der Waals surface area contributed by atoms with Gasteiger partial charge in [-0.3, -0.25) is 22.9 Å². The van der Waals surface area contributed by atoms with Crippen molar-refractivity contribution in [2.75, 3.05) is 0 Å². The number of aromatic nitrogens is 5. The molecule has 0 amide bonds. The minimum absolute atomic E-state index is 0.279. The first-order valence-electron chi connectivity index (χ1n) is 9.50. The van der Waals surface area contributed by atoms with Gasteiger partial charge in [0.25, 0.3) is 5.56 Å². The van der Waals surface area contributed by atoms with Crippen LogP contribution in [0, 0.1) is 12.7 Å². The molecule has 0 saturated carbocycles. The van der Waals surface area contributed by atoms with Crippen LogP contribution in [0.15, 0.2) is 58.3 Å². The zero-order chi connectivity index (χ0) is 22.0. The molecule has 0 bridgehead atoms. The van der Waals surface area contributed by atoms with E-state index >= 15 is 0 Å². The molecule has 0 fully saturated rings. The topological polar surface area (TPSA) is 66.2 Å². The number of rotatable bonds is 2. The lowest BCUT2D eigenvalue weighted by Gasteiger charge is -2.13. The van der Waals surface area contributed by atoms with Crippen LogP contribution in [0.2, 0.25) is 5.02 Å². The van der Waals surface area contributed by atoms with Crippen molar-refractivity contribution in [1.29, 1.82) is 0 Å². The van der Waals surface area contributed by atoms with Crippen LogP contribution >= 0.6 is 11.6 Å². The largest absolute Gasteiger partial charge is 0.332 e. The molecule has 3 heterocycles. The zero-order valence-corrected chi connectivity index (χ0v) is 17.7. The average Bonchev–Trinajstić information content (AvgIpc) is 3.30. The van der Waals surface area contributed by atoms with E-state index in [1.165, 1.54) is 23.7 Å². The van der Waals surface area contributed by atoms with Gasteiger partial charge in [0.15, 0.2) is 11.2 Å². The van der Waals surface area contributed by atoms with E-state index in [1.54, 1.807) is 35.8 Å². The highest BCUT2D eigenvalue weighted by Crippen LogP contribution is 2.32. The van der Waals surface area contributed by atoms with Crippen LogP contribution in [0.3, 0.4) is 0 Å². The molecule has 0 radical (unpaired) electrons. The van der Waals surface area contributed by atoms with Crippen LogP contribution in [0.25, 0.3) is 33.9 Å². The van der Waals surface area contributed by atoms with Crippen molar-refractivity contribution in [2.45, 2.75) is 6.92 Å². The van der Waals surface area contributed by atoms with Crippen molar-refractivity contribution in [3.63, 3.8) is 0 Å². The van der Waals surface area contributed by atoms with Gasteiger partial charge in [0, 0.05) is 30.9 Å². The summed E-state index contributed by atoms with van der Waals surface area (Å²) in [6, 6.07) is 11.6. The third-order valence-corrected chi connectivity index (χ3v) is 5.99. The van der Waals surface area contributed by atoms with Gasteiger partial charge in [-0.05, 0) is 48.9 Å². The molecule has 7 nitrogen and oxygen atoms in total. The van der Waals surface area contributed by atoms with Gasteiger partial charge in [0.05, 0.1) is 11.4 Å². The maximum absolute atomic E-state index is 13.6. The summed E-state index contributed by atoms with van der Waals surface area (Å²) in [4.78, 5) is 30.0. The predicted molar refractivity (Wildman–Crippen MR) is 118 cm³/mol. The van der Waals surface area contributed by atoms with E-state index < -0.39 is 11.2 Å². The molecule has 31 heavy (non-hydrogen) atoms. The van der Waals surface area contributed by atoms with E-state index in [1.807, 2.05) is 23.6 Å². The number of benzene rings is 2. The Balaban J connectivity index is 1.99. The fourth-order valence-electron chi connectivity index (χ4n) is 3.87. The number of halogens is 2. The molecule has 2 aromatic carbocycles. The number of aryl methyl sites for hydroxylation is 1. The van der Waals surface area contributed by atoms with Gasteiger partial charge < -0.3 is 0 Å². The molecular weight excluding hydrogens is 421 g/mol. The average molecular weight is 438 g/mol. The maximum Gasteiger partial charge on any atom is 0.332 e. The summed E-state index contributed by atoms with van der Waals surface area (Å²) < 4.78 is 19.5. The van der Waals surface area contributed by atoms with Gasteiger partial charge in [0.1, 0.15) is 5.82 Å². The highest BCUT2D eigenvalue weighted by Gasteiger charge is 2.22. The van der Waals surface area contributed by atoms with Gasteiger partial charge in [-0.25, -0.2) is 9.18 Å². The summed E-state index contributed by atoms with van der Waals surface area (Å²) in [6.07, 6.45) is 1.77. The van der Waals surface area contributed by atoms with Crippen molar-refractivity contribution < 1.29 is 4.39 Å². The Kier molecular flexibility index (Phi) is 4.16. The van der Waals surface area contributed by atoms with Crippen molar-refractivity contribution in [3.8, 4) is 16.9 Å². The summed E-state index contributed by atoms with van der Waals surface area (Å²) >= 11 is 6.38. The van der Waals surface area contributed by atoms with Crippen LogP contribution in [0.1, 0.15) is 5.56 Å². The minimum atomic E-state index is -0.456. The fraction of sp³-hybridized carbons (Fsp3) is 0.136. The van der Waals surface area contributed by atoms with Gasteiger partial charge in [0.2, 0.25) is 5.78 Å². The lowest BCUT2D eigenvalue weighted by atomic mass is 10.1. The van der Waals surface area contributed by atoms with Crippen molar-refractivity contribution in [2.24, 2.45) is 14.1 Å². The molecule has 3 aromatic heterocycles. The third kappa shape index (κ3) is 2.68. The van der Waals surface area contributed by atoms with Crippen LogP contribution in [0.4, 0.5) is 4.39 Å². The molecule has 0 atom stereocenters. The summed E-state index contributed by atoms with van der Waals surface area (Å²) in [7, 11) is 3.01. The molecule has 0 saturated heterocycles. The molecule has 0 unspecified atom stereocenters. The molecular formula is C22H17ClFN5O2. The summed E-state index contributed by atoms with van der Waals surface area (Å²) in [5.74, 6) is 0.0953. The Morgan fingerprint density at radius 3 is 2.42 bits per heavy atom. The van der Waals surface area contributed by atoms with Gasteiger partial charge in [-0.1, -0.05) is 17.7 Å². The molecule has 0 aliphatic heterocycles. The first-order valence-corrected chi connectivity index (χ1v) is 9.88. The SMILES string of the molecule is Cc1c(Cl)cccc1-n1c(-c2ccc(F)cc2)cn2c3c(=O)n(C)c(=O)n(C)c3nc12. The lowest BCUT2D eigenvalue weighted by Crippen LogP contribution is -2.37. The predicted octanol–water partition coefficient (Wildman–Crippen LogP) is 3.44. The quantitative estimate of drug-likeness (QED) is 0.425. The van der Waals surface area contributed by atoms with E-state index in [9.17, 15) is 14.0 Å². The molecule has 5 aromatic rings. The molecule has 9 heteroatoms. The number of hydrogen-bond donors (Lipinski definition) is 0. The maximum atomic E-state index is 13.6. The molecule has 0 aliphatic carbocycles. The summed E-state index contributed by atoms with van der Waals surface area (Å²) in [5, 5.41) is 0.578. The second-order valence-corrected chi connectivity index (χ2v) is 7.81. The smallest absolute Gasteiger partial charge is 0.279 e. The van der Waals surface area contributed by atoms with E-state index in [-0.39, 0.29) is 17.0 Å². The summed E-state index contributed by atoms with van der Waals surface area (Å²) in [6.45, 7) is 1.89. The van der Waals surface area contributed by atoms with E-state index in [4.69, 9.17) is 11.6 Å². The molecule has 0 N–H and O–H groups in total. The molecule has 0 aliphatic rings. The van der Waals surface area contributed by atoms with E-state index in [0.29, 0.717) is 16.5 Å². The third-order valence-electron chi connectivity index (χ3n) is 5.59. The lowest BCUT2D eigenvalue weighted by molar-refractivity contribution is 0.628. The van der Waals surface area contributed by atoms with Crippen LogP contribution < -0.4 is 11.2 Å². The van der Waals surface area contributed by atoms with Crippen molar-refractivity contribution in [1.82, 2.24) is 23.1 Å². The van der Waals surface area contributed by atoms with Crippen LogP contribution in [0.5, 0.6) is 0 Å². The second kappa shape index (κ2) is 6.68. The first kappa shape index (κ1) is 19.3. The van der Waals surface area contributed by atoms with Crippen LogP contribution in [-0.2, 0) is 14.1 Å². The monoisotopic (exact) mass is 437 g/mol. The number of nitrogens with zero attached hydrogens (tertiary/aromatic N) is 5. The Hall–Kier alpha value is -3.65. The van der Waals surface area contributed by atoms with E-state index in [2.05, 4.69) is 4.98 Å². The first-order chi connectivity index (χ1) is 14.8. The molecule has 0 spiro atoms. The molecule has 5 rings (SSSR count). The fourth-order valence-corrected chi connectivity index (χ4v) is 4.04. The highest BCUT2D eigenvalue weighted by molar-refractivity contribution is 6.31. The van der Waals surface area contributed by atoms with Crippen LogP contribution in [-0.4, -0.2) is 23.1 Å². The van der Waals surface area contributed by atoms with Gasteiger partial charge in [-0.15, -0.1) is 0 Å². The van der Waals surface area contributed by atoms with Gasteiger partial charge in [-0.2, -0.15) is 4.98 Å². The standard InChI is InChI=1S/C22H17ClFN5O2/c1-12-15(23)5-4-6-16(12)29-17(13-7-9-14(24)10-8-13)11-28-18-19(25-21(28)29)26(2)22(31)27(3)20(18)30/h4-11H,1-3H3. The number of imidazole rings is 2. The summed E-state index contributed by atoms with van der Waals surface area (Å²) in [5.41, 5.74) is 2.67. The van der Waals surface area contributed by atoms with Gasteiger partial charge >= 0.3 is 5.69 Å². The van der Waals surface area contributed by atoms with Crippen molar-refractivity contribution >= 4 is 28.5 Å². The molecule has 156 valence electrons. The minimum Gasteiger partial charge on any atom is -0.279 e. The number of hydrogen-bond acceptors (Lipinski definition) is 3. The zero-order valence-electron chi connectivity index (χ0n) is 16.9. The van der Waals surface area contributed by atoms with E-state index in [0.717, 1.165) is 21.4 Å². The Bertz CT molecular complexity index is 1620. The number of fused-ring (bicyclic) bond motifs is 3.